The average Bonchev–Trinajstić information content (AvgIpc) is 3.13. The Morgan fingerprint density at radius 2 is 1.73 bits per heavy atom. The van der Waals surface area contributed by atoms with E-state index in [1.807, 2.05) is 51.1 Å². The number of methoxy groups -OCH3 is 1. The van der Waals surface area contributed by atoms with Crippen LogP contribution in [-0.4, -0.2) is 38.1 Å². The minimum absolute atomic E-state index is 0.249. The van der Waals surface area contributed by atoms with Crippen LogP contribution < -0.4 is 15.5 Å². The summed E-state index contributed by atoms with van der Waals surface area (Å²) < 4.78 is 7.01. The van der Waals surface area contributed by atoms with Gasteiger partial charge in [-0.2, -0.15) is 25.2 Å². The third-order valence-electron chi connectivity index (χ3n) is 4.69. The van der Waals surface area contributed by atoms with Gasteiger partial charge >= 0.3 is 0 Å². The largest absolute Gasteiger partial charge is 0.496 e. The van der Waals surface area contributed by atoms with Crippen molar-refractivity contribution in [3.63, 3.8) is 0 Å². The van der Waals surface area contributed by atoms with E-state index in [0.29, 0.717) is 28.2 Å². The van der Waals surface area contributed by atoms with Crippen LogP contribution in [0.1, 0.15) is 22.5 Å². The van der Waals surface area contributed by atoms with Crippen LogP contribution in [0.3, 0.4) is 0 Å². The Balaban J connectivity index is 1.66. The van der Waals surface area contributed by atoms with Crippen molar-refractivity contribution in [1.82, 2.24) is 24.7 Å². The van der Waals surface area contributed by atoms with E-state index >= 15 is 0 Å². The topological polar surface area (TPSA) is 102 Å². The van der Waals surface area contributed by atoms with Gasteiger partial charge in [0.2, 0.25) is 11.9 Å². The molecule has 4 rings (SSSR count). The van der Waals surface area contributed by atoms with E-state index in [2.05, 4.69) is 35.9 Å². The lowest BCUT2D eigenvalue weighted by Gasteiger charge is -2.10. The number of ether oxygens (including phenoxy) is 1. The minimum atomic E-state index is 0.249. The lowest BCUT2D eigenvalue weighted by Crippen LogP contribution is -2.11. The molecule has 0 spiro atoms. The van der Waals surface area contributed by atoms with Gasteiger partial charge < -0.3 is 10.1 Å². The lowest BCUT2D eigenvalue weighted by atomic mass is 10.2. The predicted octanol–water partition coefficient (Wildman–Crippen LogP) is 4.83. The van der Waals surface area contributed by atoms with E-state index in [-0.39, 0.29) is 5.95 Å². The molecule has 0 radical (unpaired) electrons. The highest BCUT2D eigenvalue weighted by Gasteiger charge is 2.12. The summed E-state index contributed by atoms with van der Waals surface area (Å²) in [6.45, 7) is 5.88. The van der Waals surface area contributed by atoms with Crippen molar-refractivity contribution in [2.24, 2.45) is 5.10 Å². The SMILES string of the molecule is COc1ccc(Cl)cc1/C=N/Nc1nc(Nc2ccc(C)cc2)nc(-n2nc(C)cc2C)n1. The molecule has 0 fully saturated rings. The summed E-state index contributed by atoms with van der Waals surface area (Å²) in [6, 6.07) is 15.2. The summed E-state index contributed by atoms with van der Waals surface area (Å²) in [5.74, 6) is 1.61. The summed E-state index contributed by atoms with van der Waals surface area (Å²) >= 11 is 6.09. The van der Waals surface area contributed by atoms with Crippen LogP contribution in [0.25, 0.3) is 5.95 Å². The number of anilines is 3. The number of hydrogen-bond acceptors (Lipinski definition) is 8. The van der Waals surface area contributed by atoms with Crippen molar-refractivity contribution in [2.45, 2.75) is 20.8 Å². The summed E-state index contributed by atoms with van der Waals surface area (Å²) in [5, 5.41) is 12.5. The fraction of sp³-hybridized carbons (Fsp3) is 0.174. The van der Waals surface area contributed by atoms with E-state index in [9.17, 15) is 0 Å². The maximum atomic E-state index is 6.09. The molecule has 0 aliphatic rings. The zero-order chi connectivity index (χ0) is 23.4. The number of aromatic nitrogens is 5. The standard InChI is InChI=1S/C23H23ClN8O/c1-14-5-8-19(9-6-14)26-21-27-22(29-23(28-21)32-16(3)11-15(2)31-32)30-25-13-17-12-18(24)7-10-20(17)33-4/h5-13H,1-4H3,(H2,26,27,28,29,30)/b25-13+. The second kappa shape index (κ2) is 9.66. The molecular formula is C23H23ClN8O. The van der Waals surface area contributed by atoms with E-state index in [1.54, 1.807) is 36.2 Å². The molecule has 10 heteroatoms. The van der Waals surface area contributed by atoms with Gasteiger partial charge in [0, 0.05) is 22.0 Å². The van der Waals surface area contributed by atoms with Crippen LogP contribution in [-0.2, 0) is 0 Å². The first-order chi connectivity index (χ1) is 15.9. The molecule has 2 heterocycles. The molecule has 0 saturated heterocycles. The molecular weight excluding hydrogens is 440 g/mol. The highest BCUT2D eigenvalue weighted by Crippen LogP contribution is 2.21. The Kier molecular flexibility index (Phi) is 6.50. The fourth-order valence-electron chi connectivity index (χ4n) is 3.13. The van der Waals surface area contributed by atoms with Gasteiger partial charge in [-0.1, -0.05) is 29.3 Å². The Morgan fingerprint density at radius 1 is 0.970 bits per heavy atom. The molecule has 168 valence electrons. The van der Waals surface area contributed by atoms with Crippen LogP contribution >= 0.6 is 11.6 Å². The van der Waals surface area contributed by atoms with Crippen molar-refractivity contribution in [3.05, 3.63) is 76.1 Å². The van der Waals surface area contributed by atoms with Crippen LogP contribution in [0.2, 0.25) is 5.02 Å². The first-order valence-electron chi connectivity index (χ1n) is 10.2. The molecule has 0 amide bonds. The summed E-state index contributed by atoms with van der Waals surface area (Å²) in [4.78, 5) is 13.5. The van der Waals surface area contributed by atoms with Crippen molar-refractivity contribution in [2.75, 3.05) is 17.9 Å². The number of aryl methyl sites for hydroxylation is 3. The first kappa shape index (κ1) is 22.2. The highest BCUT2D eigenvalue weighted by atomic mass is 35.5. The van der Waals surface area contributed by atoms with Crippen molar-refractivity contribution < 1.29 is 4.74 Å². The summed E-state index contributed by atoms with van der Waals surface area (Å²) in [5.41, 5.74) is 7.35. The Hall–Kier alpha value is -3.98. The Labute approximate surface area is 196 Å². The molecule has 2 aromatic heterocycles. The van der Waals surface area contributed by atoms with Gasteiger partial charge in [-0.3, -0.25) is 0 Å². The zero-order valence-electron chi connectivity index (χ0n) is 18.7. The van der Waals surface area contributed by atoms with Crippen LogP contribution in [0, 0.1) is 20.8 Å². The molecule has 0 saturated carbocycles. The molecule has 0 atom stereocenters. The number of halogens is 1. The smallest absolute Gasteiger partial charge is 0.257 e. The monoisotopic (exact) mass is 462 g/mol. The Morgan fingerprint density at radius 3 is 2.42 bits per heavy atom. The quantitative estimate of drug-likeness (QED) is 0.299. The molecule has 2 aromatic carbocycles. The Bertz CT molecular complexity index is 1300. The van der Waals surface area contributed by atoms with Crippen LogP contribution in [0.5, 0.6) is 5.75 Å². The first-order valence-corrected chi connectivity index (χ1v) is 10.5. The maximum Gasteiger partial charge on any atom is 0.257 e. The van der Waals surface area contributed by atoms with E-state index in [0.717, 1.165) is 22.6 Å². The third-order valence-corrected chi connectivity index (χ3v) is 4.93. The van der Waals surface area contributed by atoms with E-state index in [1.165, 1.54) is 0 Å². The van der Waals surface area contributed by atoms with Gasteiger partial charge in [0.25, 0.3) is 5.95 Å². The second-order valence-electron chi connectivity index (χ2n) is 7.37. The number of benzene rings is 2. The van der Waals surface area contributed by atoms with E-state index in [4.69, 9.17) is 16.3 Å². The van der Waals surface area contributed by atoms with Crippen molar-refractivity contribution in [1.29, 1.82) is 0 Å². The number of hydrogen-bond donors (Lipinski definition) is 2. The molecule has 9 nitrogen and oxygen atoms in total. The van der Waals surface area contributed by atoms with Crippen molar-refractivity contribution >= 4 is 35.4 Å². The molecule has 2 N–H and O–H groups in total. The van der Waals surface area contributed by atoms with Crippen LogP contribution in [0.15, 0.2) is 53.6 Å². The van der Waals surface area contributed by atoms with Gasteiger partial charge in [0.1, 0.15) is 5.75 Å². The van der Waals surface area contributed by atoms with Gasteiger partial charge in [-0.05, 0) is 57.2 Å². The van der Waals surface area contributed by atoms with Gasteiger partial charge in [0.05, 0.1) is 19.0 Å². The van der Waals surface area contributed by atoms with Gasteiger partial charge in [-0.15, -0.1) is 0 Å². The number of nitrogens with one attached hydrogen (secondary N) is 2. The van der Waals surface area contributed by atoms with Gasteiger partial charge in [-0.25, -0.2) is 10.1 Å². The van der Waals surface area contributed by atoms with Gasteiger partial charge in [0.15, 0.2) is 0 Å². The zero-order valence-corrected chi connectivity index (χ0v) is 19.4. The molecule has 0 bridgehead atoms. The number of nitrogens with zero attached hydrogens (tertiary/aromatic N) is 6. The number of hydrazone groups is 1. The summed E-state index contributed by atoms with van der Waals surface area (Å²) in [7, 11) is 1.59. The molecule has 0 aliphatic heterocycles. The second-order valence-corrected chi connectivity index (χ2v) is 7.81. The minimum Gasteiger partial charge on any atom is -0.496 e. The predicted molar refractivity (Wildman–Crippen MR) is 130 cm³/mol. The maximum absolute atomic E-state index is 6.09. The van der Waals surface area contributed by atoms with E-state index < -0.39 is 0 Å². The molecule has 4 aromatic rings. The molecule has 0 unspecified atom stereocenters. The lowest BCUT2D eigenvalue weighted by molar-refractivity contribution is 0.414. The highest BCUT2D eigenvalue weighted by molar-refractivity contribution is 6.30. The normalized spacial score (nSPS) is 11.1. The molecule has 0 aliphatic carbocycles. The van der Waals surface area contributed by atoms with Crippen molar-refractivity contribution in [3.8, 4) is 11.7 Å². The third kappa shape index (κ3) is 5.45. The summed E-state index contributed by atoms with van der Waals surface area (Å²) in [6.07, 6.45) is 1.59. The number of rotatable bonds is 7. The molecule has 33 heavy (non-hydrogen) atoms. The average molecular weight is 463 g/mol. The van der Waals surface area contributed by atoms with Crippen LogP contribution in [0.4, 0.5) is 17.6 Å². The fourth-order valence-corrected chi connectivity index (χ4v) is 3.31.